The highest BCUT2D eigenvalue weighted by atomic mass is 32.1. The van der Waals surface area contributed by atoms with Crippen molar-refractivity contribution in [2.45, 2.75) is 26.2 Å². The fraction of sp³-hybridized carbons (Fsp3) is 0.200. The van der Waals surface area contributed by atoms with Crippen molar-refractivity contribution in [2.24, 2.45) is 5.10 Å². The van der Waals surface area contributed by atoms with E-state index in [2.05, 4.69) is 21.2 Å². The van der Waals surface area contributed by atoms with Crippen molar-refractivity contribution >= 4 is 46.3 Å². The van der Waals surface area contributed by atoms with E-state index in [9.17, 15) is 9.59 Å². The van der Waals surface area contributed by atoms with Gasteiger partial charge in [0.15, 0.2) is 10.9 Å². The molecule has 9 heteroatoms. The number of nitrogens with zero attached hydrogens (tertiary/aromatic N) is 1. The molecule has 0 saturated heterocycles. The lowest BCUT2D eigenvalue weighted by Crippen LogP contribution is -2.26. The van der Waals surface area contributed by atoms with Crippen LogP contribution in [0.1, 0.15) is 50.6 Å². The summed E-state index contributed by atoms with van der Waals surface area (Å²) in [4.78, 5) is 24.5. The first-order valence-electron chi connectivity index (χ1n) is 10.8. The number of hydrogen-bond acceptors (Lipinski definition) is 6. The van der Waals surface area contributed by atoms with E-state index in [1.807, 2.05) is 37.3 Å². The number of carbonyl (C=O) groups is 2. The van der Waals surface area contributed by atoms with Gasteiger partial charge in [-0.2, -0.15) is 5.10 Å². The predicted molar refractivity (Wildman–Crippen MR) is 134 cm³/mol. The van der Waals surface area contributed by atoms with Crippen molar-refractivity contribution in [3.05, 3.63) is 82.8 Å². The van der Waals surface area contributed by atoms with E-state index in [-0.39, 0.29) is 11.7 Å². The average Bonchev–Trinajstić information content (AvgIpc) is 3.20. The third kappa shape index (κ3) is 5.15. The van der Waals surface area contributed by atoms with Gasteiger partial charge in [-0.05, 0) is 68.4 Å². The Bertz CT molecular complexity index is 1250. The van der Waals surface area contributed by atoms with Crippen LogP contribution in [0.2, 0.25) is 0 Å². The van der Waals surface area contributed by atoms with Gasteiger partial charge in [0, 0.05) is 28.9 Å². The van der Waals surface area contributed by atoms with Gasteiger partial charge in [-0.25, -0.2) is 4.79 Å². The molecule has 34 heavy (non-hydrogen) atoms. The number of furan rings is 1. The summed E-state index contributed by atoms with van der Waals surface area (Å²) in [5.74, 6) is 0.164. The summed E-state index contributed by atoms with van der Waals surface area (Å²) in [5.41, 5.74) is 7.06. The van der Waals surface area contributed by atoms with Gasteiger partial charge in [-0.1, -0.05) is 18.2 Å². The van der Waals surface area contributed by atoms with Crippen molar-refractivity contribution in [3.8, 4) is 0 Å². The molecule has 0 aliphatic heterocycles. The van der Waals surface area contributed by atoms with Gasteiger partial charge >= 0.3 is 5.97 Å². The van der Waals surface area contributed by atoms with Gasteiger partial charge in [0.2, 0.25) is 0 Å². The van der Waals surface area contributed by atoms with E-state index in [1.54, 1.807) is 24.3 Å². The number of ether oxygens (including phenoxy) is 1. The van der Waals surface area contributed by atoms with Gasteiger partial charge in [0.1, 0.15) is 5.76 Å². The van der Waals surface area contributed by atoms with E-state index in [1.165, 1.54) is 7.11 Å². The second kappa shape index (κ2) is 10.3. The molecule has 0 radical (unpaired) electrons. The lowest BCUT2D eigenvalue weighted by atomic mass is 9.93. The van der Waals surface area contributed by atoms with Crippen LogP contribution in [0.3, 0.4) is 0 Å². The zero-order valence-corrected chi connectivity index (χ0v) is 19.6. The maximum Gasteiger partial charge on any atom is 0.337 e. The number of esters is 1. The maximum atomic E-state index is 12.9. The number of fused-ring (bicyclic) bond motifs is 1. The van der Waals surface area contributed by atoms with Gasteiger partial charge in [0.25, 0.3) is 5.91 Å². The minimum Gasteiger partial charge on any atom is -0.465 e. The first kappa shape index (κ1) is 23.2. The average molecular weight is 477 g/mol. The lowest BCUT2D eigenvalue weighted by molar-refractivity contribution is 0.0600. The SMILES string of the molecule is COC(=O)c1ccc(NC(=O)c2oc3c(c2C)/C(=N/NC(=S)Nc2ccccc2)CCC3)cc1. The molecule has 1 amide bonds. The van der Waals surface area contributed by atoms with E-state index < -0.39 is 5.97 Å². The number of thiocarbonyl (C=S) groups is 1. The molecular formula is C25H24N4O4S. The summed E-state index contributed by atoms with van der Waals surface area (Å²) in [6, 6.07) is 16.0. The molecule has 1 aliphatic carbocycles. The smallest absolute Gasteiger partial charge is 0.337 e. The van der Waals surface area contributed by atoms with E-state index >= 15 is 0 Å². The molecule has 4 rings (SSSR count). The molecule has 3 N–H and O–H groups in total. The number of para-hydroxylation sites is 1. The normalized spacial score (nSPS) is 13.6. The highest BCUT2D eigenvalue weighted by Crippen LogP contribution is 2.30. The molecule has 0 spiro atoms. The van der Waals surface area contributed by atoms with Crippen LogP contribution >= 0.6 is 12.2 Å². The first-order valence-corrected chi connectivity index (χ1v) is 11.2. The van der Waals surface area contributed by atoms with Crippen molar-refractivity contribution in [1.82, 2.24) is 5.43 Å². The molecule has 0 atom stereocenters. The van der Waals surface area contributed by atoms with Crippen LogP contribution in [-0.4, -0.2) is 29.8 Å². The minimum atomic E-state index is -0.439. The largest absolute Gasteiger partial charge is 0.465 e. The summed E-state index contributed by atoms with van der Waals surface area (Å²) in [6.07, 6.45) is 2.32. The second-order valence-electron chi connectivity index (χ2n) is 7.72. The van der Waals surface area contributed by atoms with Gasteiger partial charge in [-0.15, -0.1) is 0 Å². The quantitative estimate of drug-likeness (QED) is 0.280. The first-order chi connectivity index (χ1) is 16.5. The molecule has 2 aromatic carbocycles. The molecule has 8 nitrogen and oxygen atoms in total. The Kier molecular flexibility index (Phi) is 7.03. The number of benzene rings is 2. The molecule has 3 aromatic rings. The number of rotatable bonds is 5. The fourth-order valence-electron chi connectivity index (χ4n) is 3.79. The van der Waals surface area contributed by atoms with Gasteiger partial charge in [0.05, 0.1) is 18.4 Å². The number of nitrogens with one attached hydrogen (secondary N) is 3. The number of hydrazone groups is 1. The third-order valence-electron chi connectivity index (χ3n) is 5.42. The second-order valence-corrected chi connectivity index (χ2v) is 8.13. The van der Waals surface area contributed by atoms with Crippen LogP contribution in [0.25, 0.3) is 0 Å². The van der Waals surface area contributed by atoms with Crippen molar-refractivity contribution < 1.29 is 18.7 Å². The highest BCUT2D eigenvalue weighted by Gasteiger charge is 2.28. The topological polar surface area (TPSA) is 105 Å². The molecule has 0 bridgehead atoms. The number of aryl methyl sites for hydroxylation is 1. The van der Waals surface area contributed by atoms with Crippen LogP contribution in [-0.2, 0) is 11.2 Å². The Morgan fingerprint density at radius 3 is 2.41 bits per heavy atom. The number of carbonyl (C=O) groups excluding carboxylic acids is 2. The van der Waals surface area contributed by atoms with Crippen molar-refractivity contribution in [3.63, 3.8) is 0 Å². The Balaban J connectivity index is 1.48. The molecule has 1 heterocycles. The zero-order valence-electron chi connectivity index (χ0n) is 18.8. The number of anilines is 2. The van der Waals surface area contributed by atoms with E-state index in [0.717, 1.165) is 47.5 Å². The molecule has 0 saturated carbocycles. The number of methoxy groups -OCH3 is 1. The number of hydrogen-bond donors (Lipinski definition) is 3. The van der Waals surface area contributed by atoms with E-state index in [0.29, 0.717) is 16.4 Å². The van der Waals surface area contributed by atoms with Crippen LogP contribution in [0.4, 0.5) is 11.4 Å². The highest BCUT2D eigenvalue weighted by molar-refractivity contribution is 7.80. The minimum absolute atomic E-state index is 0.238. The van der Waals surface area contributed by atoms with Crippen molar-refractivity contribution in [2.75, 3.05) is 17.7 Å². The summed E-state index contributed by atoms with van der Waals surface area (Å²) >= 11 is 5.34. The molecule has 1 aromatic heterocycles. The summed E-state index contributed by atoms with van der Waals surface area (Å²) < 4.78 is 10.6. The summed E-state index contributed by atoms with van der Waals surface area (Å²) in [5, 5.41) is 10.8. The monoisotopic (exact) mass is 476 g/mol. The Hall–Kier alpha value is -3.98. The molecule has 174 valence electrons. The molecular weight excluding hydrogens is 452 g/mol. The molecule has 0 unspecified atom stereocenters. The summed E-state index contributed by atoms with van der Waals surface area (Å²) in [6.45, 7) is 1.85. The zero-order chi connectivity index (χ0) is 24.1. The fourth-order valence-corrected chi connectivity index (χ4v) is 3.95. The standard InChI is InChI=1S/C25H24N4O4S/c1-15-21-19(28-29-25(34)27-17-7-4-3-5-8-17)9-6-10-20(21)33-22(15)23(30)26-18-13-11-16(12-14-18)24(31)32-2/h3-5,7-8,11-14H,6,9-10H2,1-2H3,(H,26,30)(H2,27,29,34)/b28-19+. The Morgan fingerprint density at radius 2 is 1.71 bits per heavy atom. The Morgan fingerprint density at radius 1 is 1.00 bits per heavy atom. The van der Waals surface area contributed by atoms with Crippen molar-refractivity contribution in [1.29, 1.82) is 0 Å². The summed E-state index contributed by atoms with van der Waals surface area (Å²) in [7, 11) is 1.32. The maximum absolute atomic E-state index is 12.9. The predicted octanol–water partition coefficient (Wildman–Crippen LogP) is 4.65. The van der Waals surface area contributed by atoms with Crippen LogP contribution in [0.15, 0.2) is 64.1 Å². The van der Waals surface area contributed by atoms with E-state index in [4.69, 9.17) is 21.4 Å². The van der Waals surface area contributed by atoms with Crippen LogP contribution in [0.5, 0.6) is 0 Å². The van der Waals surface area contributed by atoms with Crippen LogP contribution < -0.4 is 16.1 Å². The van der Waals surface area contributed by atoms with Gasteiger partial charge < -0.3 is 19.8 Å². The van der Waals surface area contributed by atoms with Gasteiger partial charge in [-0.3, -0.25) is 10.2 Å². The lowest BCUT2D eigenvalue weighted by Gasteiger charge is -2.14. The third-order valence-corrected chi connectivity index (χ3v) is 5.61. The number of amides is 1. The Labute approximate surface area is 202 Å². The van der Waals surface area contributed by atoms with Crippen LogP contribution in [0, 0.1) is 6.92 Å². The molecule has 0 fully saturated rings. The molecule has 1 aliphatic rings.